The highest BCUT2D eigenvalue weighted by molar-refractivity contribution is 7.92. The molecule has 0 unspecified atom stereocenters. The zero-order valence-corrected chi connectivity index (χ0v) is 20.7. The number of rotatable bonds is 10. The predicted molar refractivity (Wildman–Crippen MR) is 130 cm³/mol. The van der Waals surface area contributed by atoms with Gasteiger partial charge in [-0.3, -0.25) is 0 Å². The lowest BCUT2D eigenvalue weighted by atomic mass is 10.00. The van der Waals surface area contributed by atoms with Gasteiger partial charge >= 0.3 is 6.09 Å². The number of thiophene rings is 1. The second-order valence-electron chi connectivity index (χ2n) is 8.10. The number of nitrogens with zero attached hydrogens (tertiary/aromatic N) is 2. The van der Waals surface area contributed by atoms with E-state index in [9.17, 15) is 13.2 Å². The third kappa shape index (κ3) is 6.21. The molecule has 2 heterocycles. The fourth-order valence-electron chi connectivity index (χ4n) is 3.38. The molecule has 0 saturated heterocycles. The van der Waals surface area contributed by atoms with Crippen LogP contribution in [-0.2, 0) is 27.7 Å². The van der Waals surface area contributed by atoms with Crippen molar-refractivity contribution in [3.63, 3.8) is 0 Å². The number of aromatic nitrogens is 2. The quantitative estimate of drug-likeness (QED) is 0.405. The maximum Gasteiger partial charge on any atom is 0.421 e. The van der Waals surface area contributed by atoms with Crippen molar-refractivity contribution in [3.05, 3.63) is 53.2 Å². The molecule has 1 amide bonds. The first-order valence-electron chi connectivity index (χ1n) is 10.9. The fourth-order valence-corrected chi connectivity index (χ4v) is 6.21. The van der Waals surface area contributed by atoms with E-state index in [-0.39, 0.29) is 17.4 Å². The van der Waals surface area contributed by atoms with Gasteiger partial charge in [-0.2, -0.15) is 5.10 Å². The topological polar surface area (TPSA) is 116 Å². The Hall–Kier alpha value is -2.69. The van der Waals surface area contributed by atoms with Crippen LogP contribution in [0.1, 0.15) is 44.1 Å². The first-order valence-corrected chi connectivity index (χ1v) is 13.2. The number of ether oxygens (including phenoxy) is 1. The van der Waals surface area contributed by atoms with Crippen LogP contribution in [0.4, 0.5) is 4.79 Å². The normalized spacial score (nSPS) is 11.7. The fraction of sp³-hybridized carbons (Fsp3) is 0.391. The molecule has 0 spiro atoms. The minimum Gasteiger partial charge on any atom is -0.449 e. The molecule has 8 nitrogen and oxygen atoms in total. The van der Waals surface area contributed by atoms with E-state index in [0.717, 1.165) is 40.3 Å². The maximum atomic E-state index is 13.2. The summed E-state index contributed by atoms with van der Waals surface area (Å²) in [4.78, 5) is 13.0. The average molecular weight is 491 g/mol. The van der Waals surface area contributed by atoms with E-state index in [1.54, 1.807) is 10.9 Å². The van der Waals surface area contributed by atoms with Crippen molar-refractivity contribution >= 4 is 27.5 Å². The van der Waals surface area contributed by atoms with Crippen LogP contribution in [0, 0.1) is 5.92 Å². The molecule has 0 atom stereocenters. The van der Waals surface area contributed by atoms with Crippen LogP contribution in [0.25, 0.3) is 16.8 Å². The number of hydrogen-bond acceptors (Lipinski definition) is 7. The van der Waals surface area contributed by atoms with Crippen LogP contribution in [-0.4, -0.2) is 30.9 Å². The first kappa shape index (κ1) is 24.9. The van der Waals surface area contributed by atoms with Crippen molar-refractivity contribution in [2.24, 2.45) is 11.7 Å². The van der Waals surface area contributed by atoms with Crippen LogP contribution in [0.2, 0.25) is 0 Å². The second-order valence-corrected chi connectivity index (χ2v) is 11.1. The molecule has 33 heavy (non-hydrogen) atoms. The molecular formula is C23H30N4O4S2. The SMILES string of the molecule is CCCCOC(=O)NS(=O)(=O)c1sc(CC(C)C)cc1-c1ccc(-n2cccn2)cc1CN. The Morgan fingerprint density at radius 2 is 2.06 bits per heavy atom. The van der Waals surface area contributed by atoms with Gasteiger partial charge in [-0.25, -0.2) is 22.6 Å². The van der Waals surface area contributed by atoms with Crippen LogP contribution in [0.3, 0.4) is 0 Å². The lowest BCUT2D eigenvalue weighted by Gasteiger charge is -2.12. The maximum absolute atomic E-state index is 13.2. The van der Waals surface area contributed by atoms with E-state index < -0.39 is 16.1 Å². The highest BCUT2D eigenvalue weighted by atomic mass is 32.2. The standard InChI is InChI=1S/C23H30N4O4S2/c1-4-5-11-31-23(28)26-33(29,30)22-21(14-19(32-22)12-16(2)3)20-8-7-18(13-17(20)15-24)27-10-6-9-25-27/h6-10,13-14,16H,4-5,11-12,15,24H2,1-3H3,(H,26,28). The Bertz CT molecular complexity index is 1190. The van der Waals surface area contributed by atoms with Crippen LogP contribution < -0.4 is 10.5 Å². The van der Waals surface area contributed by atoms with Crippen molar-refractivity contribution in [2.75, 3.05) is 6.61 Å². The Labute approximate surface area is 198 Å². The van der Waals surface area contributed by atoms with Gasteiger partial charge in [-0.05, 0) is 54.2 Å². The van der Waals surface area contributed by atoms with Gasteiger partial charge < -0.3 is 10.5 Å². The molecular weight excluding hydrogens is 460 g/mol. The van der Waals surface area contributed by atoms with Gasteiger partial charge in [-0.1, -0.05) is 33.3 Å². The Balaban J connectivity index is 2.03. The molecule has 0 saturated carbocycles. The number of benzene rings is 1. The summed E-state index contributed by atoms with van der Waals surface area (Å²) >= 11 is 1.16. The van der Waals surface area contributed by atoms with Gasteiger partial charge in [0.1, 0.15) is 4.21 Å². The molecule has 0 bridgehead atoms. The molecule has 0 aliphatic heterocycles. The number of amides is 1. The van der Waals surface area contributed by atoms with Crippen LogP contribution >= 0.6 is 11.3 Å². The van der Waals surface area contributed by atoms with Gasteiger partial charge in [0, 0.05) is 29.4 Å². The van der Waals surface area contributed by atoms with Gasteiger partial charge in [0.15, 0.2) is 0 Å². The molecule has 10 heteroatoms. The highest BCUT2D eigenvalue weighted by Crippen LogP contribution is 2.38. The Morgan fingerprint density at radius 3 is 2.70 bits per heavy atom. The van der Waals surface area contributed by atoms with Crippen molar-refractivity contribution in [1.82, 2.24) is 14.5 Å². The summed E-state index contributed by atoms with van der Waals surface area (Å²) in [6, 6.07) is 9.31. The number of carbonyl (C=O) groups is 1. The van der Waals surface area contributed by atoms with Crippen molar-refractivity contribution in [3.8, 4) is 16.8 Å². The Morgan fingerprint density at radius 1 is 1.27 bits per heavy atom. The lowest BCUT2D eigenvalue weighted by Crippen LogP contribution is -2.31. The van der Waals surface area contributed by atoms with E-state index in [1.165, 1.54) is 0 Å². The molecule has 3 N–H and O–H groups in total. The van der Waals surface area contributed by atoms with Crippen LogP contribution in [0.15, 0.2) is 46.9 Å². The molecule has 1 aromatic carbocycles. The summed E-state index contributed by atoms with van der Waals surface area (Å²) in [5.74, 6) is 0.343. The minimum atomic E-state index is -4.13. The molecule has 0 aliphatic rings. The summed E-state index contributed by atoms with van der Waals surface area (Å²) in [6.07, 6.45) is 4.76. The predicted octanol–water partition coefficient (Wildman–Crippen LogP) is 4.47. The zero-order valence-electron chi connectivity index (χ0n) is 19.1. The van der Waals surface area contributed by atoms with E-state index in [0.29, 0.717) is 23.5 Å². The molecule has 0 fully saturated rings. The third-order valence-corrected chi connectivity index (χ3v) is 7.92. The number of sulfonamides is 1. The average Bonchev–Trinajstić information content (AvgIpc) is 3.43. The monoisotopic (exact) mass is 490 g/mol. The summed E-state index contributed by atoms with van der Waals surface area (Å²) in [5, 5.41) is 4.24. The van der Waals surface area contributed by atoms with Crippen molar-refractivity contribution < 1.29 is 17.9 Å². The second kappa shape index (κ2) is 11.0. The number of nitrogens with one attached hydrogen (secondary N) is 1. The van der Waals surface area contributed by atoms with Gasteiger partial charge in [0.05, 0.1) is 12.3 Å². The van der Waals surface area contributed by atoms with E-state index in [4.69, 9.17) is 10.5 Å². The number of nitrogens with two attached hydrogens (primary N) is 1. The minimum absolute atomic E-state index is 0.0760. The van der Waals surface area contributed by atoms with Crippen molar-refractivity contribution in [1.29, 1.82) is 0 Å². The lowest BCUT2D eigenvalue weighted by molar-refractivity contribution is 0.151. The molecule has 3 aromatic rings. The molecule has 178 valence electrons. The Kier molecular flexibility index (Phi) is 8.28. The van der Waals surface area contributed by atoms with Gasteiger partial charge in [-0.15, -0.1) is 11.3 Å². The number of hydrogen-bond donors (Lipinski definition) is 2. The number of carbonyl (C=O) groups excluding carboxylic acids is 1. The summed E-state index contributed by atoms with van der Waals surface area (Å²) in [6.45, 7) is 6.48. The molecule has 0 aliphatic carbocycles. The zero-order chi connectivity index (χ0) is 24.0. The van der Waals surface area contributed by atoms with Gasteiger partial charge in [0.25, 0.3) is 10.0 Å². The summed E-state index contributed by atoms with van der Waals surface area (Å²) in [7, 11) is -4.13. The van der Waals surface area contributed by atoms with Crippen LogP contribution in [0.5, 0.6) is 0 Å². The van der Waals surface area contributed by atoms with E-state index in [1.807, 2.05) is 43.5 Å². The molecule has 0 radical (unpaired) electrons. The summed E-state index contributed by atoms with van der Waals surface area (Å²) < 4.78 is 35.2. The number of unbranched alkanes of at least 4 members (excludes halogenated alkanes) is 1. The summed E-state index contributed by atoms with van der Waals surface area (Å²) in [5.41, 5.74) is 8.87. The molecule has 3 rings (SSSR count). The third-order valence-electron chi connectivity index (χ3n) is 4.92. The highest BCUT2D eigenvalue weighted by Gasteiger charge is 2.27. The first-order chi connectivity index (χ1) is 15.7. The van der Waals surface area contributed by atoms with Crippen molar-refractivity contribution in [2.45, 2.75) is 50.8 Å². The van der Waals surface area contributed by atoms with Gasteiger partial charge in [0.2, 0.25) is 0 Å². The molecule has 2 aromatic heterocycles. The largest absolute Gasteiger partial charge is 0.449 e. The smallest absolute Gasteiger partial charge is 0.421 e. The van der Waals surface area contributed by atoms with E-state index in [2.05, 4.69) is 23.7 Å². The van der Waals surface area contributed by atoms with E-state index >= 15 is 0 Å².